The lowest BCUT2D eigenvalue weighted by Gasteiger charge is -2.32. The second-order valence-corrected chi connectivity index (χ2v) is 4.42. The minimum atomic E-state index is -0.366. The highest BCUT2D eigenvalue weighted by Gasteiger charge is 2.34. The van der Waals surface area contributed by atoms with Crippen molar-refractivity contribution in [3.05, 3.63) is 0 Å². The van der Waals surface area contributed by atoms with Gasteiger partial charge in [0, 0.05) is 19.6 Å². The molecular weight excluding hydrogens is 208 g/mol. The van der Waals surface area contributed by atoms with E-state index in [0.29, 0.717) is 6.54 Å². The van der Waals surface area contributed by atoms with Crippen molar-refractivity contribution < 1.29 is 14.3 Å². The Morgan fingerprint density at radius 3 is 2.44 bits per heavy atom. The minimum Gasteiger partial charge on any atom is -0.354 e. The summed E-state index contributed by atoms with van der Waals surface area (Å²) in [6.07, 6.45) is 1.39. The molecule has 0 unspecified atom stereocenters. The third-order valence-electron chi connectivity index (χ3n) is 3.21. The Bertz CT molecular complexity index is 223. The van der Waals surface area contributed by atoms with Crippen LogP contribution in [-0.2, 0) is 14.3 Å². The largest absolute Gasteiger partial charge is 0.354 e. The van der Waals surface area contributed by atoms with Crippen LogP contribution in [0.25, 0.3) is 0 Å². The van der Waals surface area contributed by atoms with Gasteiger partial charge in [-0.05, 0) is 25.9 Å². The summed E-state index contributed by atoms with van der Waals surface area (Å²) in [6, 6.07) is 0. The molecule has 0 aromatic heterocycles. The Balaban J connectivity index is 2.38. The number of rotatable bonds is 5. The normalized spacial score (nSPS) is 19.8. The molecule has 0 atom stereocenters. The van der Waals surface area contributed by atoms with E-state index in [2.05, 4.69) is 10.6 Å². The van der Waals surface area contributed by atoms with Gasteiger partial charge in [0.15, 0.2) is 6.29 Å². The summed E-state index contributed by atoms with van der Waals surface area (Å²) in [6.45, 7) is 4.22. The lowest BCUT2D eigenvalue weighted by Crippen LogP contribution is -2.47. The summed E-state index contributed by atoms with van der Waals surface area (Å²) in [4.78, 5) is 12.0. The van der Waals surface area contributed by atoms with Crippen LogP contribution in [0.4, 0.5) is 0 Å². The van der Waals surface area contributed by atoms with Crippen LogP contribution in [0.2, 0.25) is 0 Å². The molecule has 0 saturated carbocycles. The number of carbonyl (C=O) groups is 1. The Kier molecular flexibility index (Phi) is 5.18. The van der Waals surface area contributed by atoms with Crippen LogP contribution in [-0.4, -0.2) is 46.1 Å². The smallest absolute Gasteiger partial charge is 0.226 e. The maximum atomic E-state index is 12.0. The number of methoxy groups -OCH3 is 2. The van der Waals surface area contributed by atoms with Gasteiger partial charge in [0.25, 0.3) is 0 Å². The Morgan fingerprint density at radius 1 is 1.38 bits per heavy atom. The van der Waals surface area contributed by atoms with E-state index < -0.39 is 0 Å². The van der Waals surface area contributed by atoms with Crippen molar-refractivity contribution in [3.8, 4) is 0 Å². The van der Waals surface area contributed by atoms with E-state index in [9.17, 15) is 4.79 Å². The fourth-order valence-corrected chi connectivity index (χ4v) is 1.86. The molecule has 1 aliphatic heterocycles. The van der Waals surface area contributed by atoms with Crippen LogP contribution < -0.4 is 10.6 Å². The number of nitrogens with one attached hydrogen (secondary N) is 2. The molecule has 1 saturated heterocycles. The first-order valence-corrected chi connectivity index (χ1v) is 5.67. The van der Waals surface area contributed by atoms with E-state index >= 15 is 0 Å². The number of carbonyl (C=O) groups excluding carboxylic acids is 1. The predicted molar refractivity (Wildman–Crippen MR) is 61.0 cm³/mol. The van der Waals surface area contributed by atoms with Gasteiger partial charge in [-0.15, -0.1) is 0 Å². The molecule has 0 bridgehead atoms. The molecule has 5 heteroatoms. The second-order valence-electron chi connectivity index (χ2n) is 4.42. The molecule has 1 rings (SSSR count). The molecule has 16 heavy (non-hydrogen) atoms. The maximum absolute atomic E-state index is 12.0. The van der Waals surface area contributed by atoms with E-state index in [0.717, 1.165) is 25.9 Å². The Labute approximate surface area is 96.9 Å². The monoisotopic (exact) mass is 230 g/mol. The van der Waals surface area contributed by atoms with Gasteiger partial charge < -0.3 is 20.1 Å². The highest BCUT2D eigenvalue weighted by molar-refractivity contribution is 5.82. The molecule has 1 heterocycles. The zero-order valence-corrected chi connectivity index (χ0v) is 10.3. The zero-order chi connectivity index (χ0) is 12.0. The molecule has 0 spiro atoms. The van der Waals surface area contributed by atoms with Gasteiger partial charge in [-0.3, -0.25) is 4.79 Å². The van der Waals surface area contributed by atoms with Gasteiger partial charge in [0.2, 0.25) is 5.91 Å². The highest BCUT2D eigenvalue weighted by Crippen LogP contribution is 2.27. The number of amides is 1. The lowest BCUT2D eigenvalue weighted by atomic mass is 9.80. The molecule has 1 aliphatic rings. The first-order chi connectivity index (χ1) is 7.62. The Hall–Kier alpha value is -0.650. The highest BCUT2D eigenvalue weighted by atomic mass is 16.7. The molecule has 0 aromatic carbocycles. The molecule has 0 aliphatic carbocycles. The van der Waals surface area contributed by atoms with Gasteiger partial charge in [0.1, 0.15) is 0 Å². The minimum absolute atomic E-state index is 0.0908. The summed E-state index contributed by atoms with van der Waals surface area (Å²) in [5.41, 5.74) is -0.253. The summed E-state index contributed by atoms with van der Waals surface area (Å²) in [7, 11) is 3.12. The van der Waals surface area contributed by atoms with Crippen LogP contribution in [0.15, 0.2) is 0 Å². The van der Waals surface area contributed by atoms with E-state index in [4.69, 9.17) is 9.47 Å². The van der Waals surface area contributed by atoms with Crippen LogP contribution in [0.1, 0.15) is 19.8 Å². The SMILES string of the molecule is COC(CNC(=O)C1(C)CCNCC1)OC. The summed E-state index contributed by atoms with van der Waals surface area (Å²) >= 11 is 0. The van der Waals surface area contributed by atoms with Crippen molar-refractivity contribution in [2.24, 2.45) is 5.41 Å². The van der Waals surface area contributed by atoms with E-state index in [1.807, 2.05) is 6.92 Å². The second kappa shape index (κ2) is 6.18. The number of piperidine rings is 1. The van der Waals surface area contributed by atoms with E-state index in [1.54, 1.807) is 14.2 Å². The van der Waals surface area contributed by atoms with Crippen molar-refractivity contribution in [2.45, 2.75) is 26.1 Å². The maximum Gasteiger partial charge on any atom is 0.226 e. The van der Waals surface area contributed by atoms with Crippen molar-refractivity contribution in [3.63, 3.8) is 0 Å². The van der Waals surface area contributed by atoms with Crippen molar-refractivity contribution >= 4 is 5.91 Å². The lowest BCUT2D eigenvalue weighted by molar-refractivity contribution is -0.136. The molecular formula is C11H22N2O3. The molecule has 5 nitrogen and oxygen atoms in total. The first kappa shape index (κ1) is 13.4. The van der Waals surface area contributed by atoms with Crippen molar-refractivity contribution in [1.82, 2.24) is 10.6 Å². The van der Waals surface area contributed by atoms with Gasteiger partial charge >= 0.3 is 0 Å². The van der Waals surface area contributed by atoms with Gasteiger partial charge in [-0.2, -0.15) is 0 Å². The number of hydrogen-bond acceptors (Lipinski definition) is 4. The fourth-order valence-electron chi connectivity index (χ4n) is 1.86. The fraction of sp³-hybridized carbons (Fsp3) is 0.909. The van der Waals surface area contributed by atoms with Gasteiger partial charge in [-0.1, -0.05) is 6.92 Å². The number of hydrogen-bond donors (Lipinski definition) is 2. The Morgan fingerprint density at radius 2 is 1.94 bits per heavy atom. The van der Waals surface area contributed by atoms with E-state index in [1.165, 1.54) is 0 Å². The standard InChI is InChI=1S/C11H22N2O3/c1-11(4-6-12-7-5-11)10(14)13-8-9(15-2)16-3/h9,12H,4-8H2,1-3H3,(H,13,14). The van der Waals surface area contributed by atoms with Crippen LogP contribution in [0.5, 0.6) is 0 Å². The molecule has 0 radical (unpaired) electrons. The summed E-state index contributed by atoms with van der Waals surface area (Å²) in [5, 5.41) is 6.13. The summed E-state index contributed by atoms with van der Waals surface area (Å²) in [5.74, 6) is 0.0908. The molecule has 1 fully saturated rings. The van der Waals surface area contributed by atoms with E-state index in [-0.39, 0.29) is 17.6 Å². The van der Waals surface area contributed by atoms with Crippen LogP contribution >= 0.6 is 0 Å². The third-order valence-corrected chi connectivity index (χ3v) is 3.21. The first-order valence-electron chi connectivity index (χ1n) is 5.67. The summed E-state index contributed by atoms with van der Waals surface area (Å²) < 4.78 is 10.0. The quantitative estimate of drug-likeness (QED) is 0.658. The zero-order valence-electron chi connectivity index (χ0n) is 10.3. The average molecular weight is 230 g/mol. The molecule has 2 N–H and O–H groups in total. The molecule has 94 valence electrons. The van der Waals surface area contributed by atoms with Gasteiger partial charge in [-0.25, -0.2) is 0 Å². The topological polar surface area (TPSA) is 59.6 Å². The predicted octanol–water partition coefficient (Wildman–Crippen LogP) is 0.111. The van der Waals surface area contributed by atoms with Crippen molar-refractivity contribution in [1.29, 1.82) is 0 Å². The molecule has 0 aromatic rings. The third kappa shape index (κ3) is 3.43. The average Bonchev–Trinajstić information content (AvgIpc) is 2.31. The van der Waals surface area contributed by atoms with Gasteiger partial charge in [0.05, 0.1) is 6.54 Å². The molecule has 1 amide bonds. The van der Waals surface area contributed by atoms with Crippen LogP contribution in [0, 0.1) is 5.41 Å². The number of ether oxygens (including phenoxy) is 2. The van der Waals surface area contributed by atoms with Crippen molar-refractivity contribution in [2.75, 3.05) is 33.9 Å². The van der Waals surface area contributed by atoms with Crippen LogP contribution in [0.3, 0.4) is 0 Å².